The van der Waals surface area contributed by atoms with Crippen molar-refractivity contribution in [2.75, 3.05) is 19.4 Å². The van der Waals surface area contributed by atoms with Crippen molar-refractivity contribution in [2.45, 2.75) is 25.3 Å². The number of carbonyl (C=O) groups is 3. The molecule has 2 heterocycles. The summed E-state index contributed by atoms with van der Waals surface area (Å²) in [5.41, 5.74) is 0.563. The number of urea groups is 1. The highest BCUT2D eigenvalue weighted by Gasteiger charge is 2.22. The van der Waals surface area contributed by atoms with Crippen LogP contribution >= 0.6 is 11.8 Å². The maximum Gasteiger partial charge on any atom is 0.343 e. The van der Waals surface area contributed by atoms with E-state index in [0.717, 1.165) is 6.42 Å². The van der Waals surface area contributed by atoms with Crippen LogP contribution in [0.5, 0.6) is 0 Å². The fourth-order valence-electron chi connectivity index (χ4n) is 2.09. The van der Waals surface area contributed by atoms with Crippen LogP contribution in [-0.2, 0) is 9.53 Å². The van der Waals surface area contributed by atoms with Gasteiger partial charge in [0, 0.05) is 6.54 Å². The predicted octanol–water partition coefficient (Wildman–Crippen LogP) is 2.16. The Morgan fingerprint density at radius 3 is 2.70 bits per heavy atom. The Kier molecular flexibility index (Phi) is 7.35. The van der Waals surface area contributed by atoms with Crippen LogP contribution in [0.1, 0.15) is 29.4 Å². The fourth-order valence-corrected chi connectivity index (χ4v) is 2.71. The maximum atomic E-state index is 12.4. The van der Waals surface area contributed by atoms with Crippen LogP contribution < -0.4 is 10.6 Å². The second-order valence-electron chi connectivity index (χ2n) is 5.37. The van der Waals surface area contributed by atoms with E-state index in [-0.39, 0.29) is 5.56 Å². The van der Waals surface area contributed by atoms with Crippen LogP contribution in [0, 0.1) is 6.92 Å². The van der Waals surface area contributed by atoms with Gasteiger partial charge in [0.05, 0.1) is 12.0 Å². The SMILES string of the molecule is CCCNC(=O)NC(=O)COC(=O)c1c(C)nc(-c2ccco2)nc1SC. The molecule has 2 aromatic rings. The zero-order valence-corrected chi connectivity index (χ0v) is 16.0. The summed E-state index contributed by atoms with van der Waals surface area (Å²) in [5.74, 6) is -0.644. The van der Waals surface area contributed by atoms with Crippen LogP contribution in [0.25, 0.3) is 11.6 Å². The zero-order chi connectivity index (χ0) is 19.8. The van der Waals surface area contributed by atoms with Gasteiger partial charge < -0.3 is 14.5 Å². The number of aryl methyl sites for hydroxylation is 1. The van der Waals surface area contributed by atoms with Crippen molar-refractivity contribution >= 4 is 29.7 Å². The van der Waals surface area contributed by atoms with Gasteiger partial charge >= 0.3 is 12.0 Å². The molecular formula is C17H20N4O5S. The fraction of sp³-hybridized carbons (Fsp3) is 0.353. The van der Waals surface area contributed by atoms with Gasteiger partial charge in [-0.1, -0.05) is 6.92 Å². The first-order valence-electron chi connectivity index (χ1n) is 8.17. The lowest BCUT2D eigenvalue weighted by atomic mass is 10.2. The Labute approximate surface area is 160 Å². The molecule has 2 aromatic heterocycles. The van der Waals surface area contributed by atoms with E-state index in [1.54, 1.807) is 25.3 Å². The van der Waals surface area contributed by atoms with E-state index in [9.17, 15) is 14.4 Å². The number of nitrogens with one attached hydrogen (secondary N) is 2. The van der Waals surface area contributed by atoms with E-state index in [2.05, 4.69) is 20.6 Å². The van der Waals surface area contributed by atoms with Gasteiger partial charge in [-0.2, -0.15) is 0 Å². The van der Waals surface area contributed by atoms with Crippen molar-refractivity contribution in [1.29, 1.82) is 0 Å². The van der Waals surface area contributed by atoms with Crippen LogP contribution in [0.2, 0.25) is 0 Å². The highest BCUT2D eigenvalue weighted by Crippen LogP contribution is 2.25. The highest BCUT2D eigenvalue weighted by atomic mass is 32.2. The molecule has 0 aliphatic heterocycles. The largest absolute Gasteiger partial charge is 0.461 e. The summed E-state index contributed by atoms with van der Waals surface area (Å²) in [5, 5.41) is 4.97. The van der Waals surface area contributed by atoms with Gasteiger partial charge in [-0.25, -0.2) is 19.6 Å². The minimum atomic E-state index is -0.744. The van der Waals surface area contributed by atoms with Gasteiger partial charge in [-0.05, 0) is 31.7 Å². The quantitative estimate of drug-likeness (QED) is 0.417. The van der Waals surface area contributed by atoms with Crippen molar-refractivity contribution in [3.63, 3.8) is 0 Å². The molecule has 2 rings (SSSR count). The predicted molar refractivity (Wildman–Crippen MR) is 98.4 cm³/mol. The first-order valence-corrected chi connectivity index (χ1v) is 9.40. The molecule has 0 radical (unpaired) electrons. The van der Waals surface area contributed by atoms with E-state index >= 15 is 0 Å². The first-order chi connectivity index (χ1) is 13.0. The molecule has 0 unspecified atom stereocenters. The molecule has 9 nitrogen and oxygen atoms in total. The van der Waals surface area contributed by atoms with E-state index in [1.807, 2.05) is 6.92 Å². The topological polar surface area (TPSA) is 123 Å². The number of imide groups is 1. The summed E-state index contributed by atoms with van der Waals surface area (Å²) < 4.78 is 10.3. The van der Waals surface area contributed by atoms with Crippen LogP contribution in [-0.4, -0.2) is 47.3 Å². The number of hydrogen-bond donors (Lipinski definition) is 2. The molecule has 0 atom stereocenters. The molecule has 0 saturated carbocycles. The van der Waals surface area contributed by atoms with Gasteiger partial charge in [0.1, 0.15) is 10.6 Å². The number of thioether (sulfide) groups is 1. The van der Waals surface area contributed by atoms with E-state index in [0.29, 0.717) is 28.8 Å². The monoisotopic (exact) mass is 392 g/mol. The molecule has 0 saturated heterocycles. The lowest BCUT2D eigenvalue weighted by molar-refractivity contribution is -0.123. The molecule has 0 aliphatic carbocycles. The number of rotatable bonds is 7. The van der Waals surface area contributed by atoms with Crippen LogP contribution in [0.4, 0.5) is 4.79 Å². The van der Waals surface area contributed by atoms with E-state index < -0.39 is 24.5 Å². The first kappa shape index (κ1) is 20.4. The molecule has 0 bridgehead atoms. The van der Waals surface area contributed by atoms with Crippen LogP contribution in [0.3, 0.4) is 0 Å². The smallest absolute Gasteiger partial charge is 0.343 e. The van der Waals surface area contributed by atoms with E-state index in [4.69, 9.17) is 9.15 Å². The van der Waals surface area contributed by atoms with Gasteiger partial charge in [-0.15, -0.1) is 11.8 Å². The van der Waals surface area contributed by atoms with Crippen LogP contribution in [0.15, 0.2) is 27.8 Å². The molecule has 0 aromatic carbocycles. The zero-order valence-electron chi connectivity index (χ0n) is 15.2. The van der Waals surface area contributed by atoms with Crippen molar-refractivity contribution < 1.29 is 23.5 Å². The van der Waals surface area contributed by atoms with Gasteiger partial charge in [0.15, 0.2) is 18.2 Å². The summed E-state index contributed by atoms with van der Waals surface area (Å²) in [4.78, 5) is 44.1. The highest BCUT2D eigenvalue weighted by molar-refractivity contribution is 7.98. The Morgan fingerprint density at radius 2 is 2.07 bits per heavy atom. The molecule has 0 spiro atoms. The lowest BCUT2D eigenvalue weighted by Gasteiger charge is -2.11. The molecule has 2 N–H and O–H groups in total. The van der Waals surface area contributed by atoms with Gasteiger partial charge in [-0.3, -0.25) is 10.1 Å². The third-order valence-corrected chi connectivity index (χ3v) is 4.00. The molecule has 27 heavy (non-hydrogen) atoms. The van der Waals surface area contributed by atoms with Crippen molar-refractivity contribution in [3.8, 4) is 11.6 Å². The lowest BCUT2D eigenvalue weighted by Crippen LogP contribution is -2.41. The minimum Gasteiger partial charge on any atom is -0.461 e. The Balaban J connectivity index is 2.05. The summed E-state index contributed by atoms with van der Waals surface area (Å²) in [6.45, 7) is 3.37. The number of esters is 1. The normalized spacial score (nSPS) is 10.3. The molecular weight excluding hydrogens is 372 g/mol. The second-order valence-corrected chi connectivity index (χ2v) is 6.17. The standard InChI is InChI=1S/C17H20N4O5S/c1-4-7-18-17(24)20-12(22)9-26-16(23)13-10(2)19-14(21-15(13)27-3)11-6-5-8-25-11/h5-6,8H,4,7,9H2,1-3H3,(H2,18,20,22,24). The molecule has 10 heteroatoms. The molecule has 3 amide bonds. The third-order valence-electron chi connectivity index (χ3n) is 3.32. The Bertz CT molecular complexity index is 823. The van der Waals surface area contributed by atoms with Gasteiger partial charge in [0.25, 0.3) is 5.91 Å². The number of amides is 3. The Morgan fingerprint density at radius 1 is 1.30 bits per heavy atom. The number of ether oxygens (including phenoxy) is 1. The van der Waals surface area contributed by atoms with Crippen molar-refractivity contribution in [3.05, 3.63) is 29.7 Å². The number of nitrogens with zero attached hydrogens (tertiary/aromatic N) is 2. The summed E-state index contributed by atoms with van der Waals surface area (Å²) in [7, 11) is 0. The Hall–Kier alpha value is -2.88. The average Bonchev–Trinajstić information content (AvgIpc) is 3.18. The van der Waals surface area contributed by atoms with Gasteiger partial charge in [0.2, 0.25) is 0 Å². The van der Waals surface area contributed by atoms with Crippen molar-refractivity contribution in [2.24, 2.45) is 0 Å². The third kappa shape index (κ3) is 5.55. The number of aromatic nitrogens is 2. The second kappa shape index (κ2) is 9.72. The maximum absolute atomic E-state index is 12.4. The molecule has 0 fully saturated rings. The number of hydrogen-bond acceptors (Lipinski definition) is 8. The molecule has 144 valence electrons. The van der Waals surface area contributed by atoms with Crippen molar-refractivity contribution in [1.82, 2.24) is 20.6 Å². The average molecular weight is 392 g/mol. The van der Waals surface area contributed by atoms with E-state index in [1.165, 1.54) is 18.0 Å². The number of furan rings is 1. The minimum absolute atomic E-state index is 0.168. The summed E-state index contributed by atoms with van der Waals surface area (Å²) in [6.07, 6.45) is 4.00. The number of carbonyl (C=O) groups excluding carboxylic acids is 3. The summed E-state index contributed by atoms with van der Waals surface area (Å²) in [6, 6.07) is 2.79. The molecule has 0 aliphatic rings. The summed E-state index contributed by atoms with van der Waals surface area (Å²) >= 11 is 1.25.